The number of anilines is 1. The van der Waals surface area contributed by atoms with E-state index in [-0.39, 0.29) is 5.91 Å². The van der Waals surface area contributed by atoms with Crippen LogP contribution in [0.4, 0.5) is 5.82 Å². The topological polar surface area (TPSA) is 48.9 Å². The van der Waals surface area contributed by atoms with E-state index in [2.05, 4.69) is 28.4 Å². The second kappa shape index (κ2) is 6.36. The molecule has 2 saturated heterocycles. The van der Waals surface area contributed by atoms with Crippen molar-refractivity contribution in [2.45, 2.75) is 12.5 Å². The quantitative estimate of drug-likeness (QED) is 0.829. The third-order valence-electron chi connectivity index (χ3n) is 4.23. The summed E-state index contributed by atoms with van der Waals surface area (Å²) in [6, 6.07) is 3.74. The Kier molecular flexibility index (Phi) is 4.29. The van der Waals surface area contributed by atoms with Crippen LogP contribution in [-0.4, -0.2) is 66.6 Å². The van der Waals surface area contributed by atoms with Gasteiger partial charge in [0.05, 0.1) is 0 Å². The summed E-state index contributed by atoms with van der Waals surface area (Å²) in [5.74, 6) is 1.50. The van der Waals surface area contributed by atoms with Gasteiger partial charge in [0.1, 0.15) is 0 Å². The van der Waals surface area contributed by atoms with Crippen LogP contribution in [0.3, 0.4) is 0 Å². The average Bonchev–Trinajstić information content (AvgIpc) is 2.89. The van der Waals surface area contributed by atoms with Crippen LogP contribution in [0.2, 0.25) is 0 Å². The largest absolute Gasteiger partial charge is 0.477 e. The Bertz CT molecular complexity index is 555. The summed E-state index contributed by atoms with van der Waals surface area (Å²) in [6.07, 6.45) is 3.58. The Morgan fingerprint density at radius 3 is 2.77 bits per heavy atom. The van der Waals surface area contributed by atoms with Gasteiger partial charge in [-0.2, -0.15) is 0 Å². The lowest BCUT2D eigenvalue weighted by atomic mass is 10.3. The minimum Gasteiger partial charge on any atom is -0.477 e. The van der Waals surface area contributed by atoms with Crippen molar-refractivity contribution in [1.29, 1.82) is 0 Å². The van der Waals surface area contributed by atoms with Crippen molar-refractivity contribution in [2.24, 2.45) is 0 Å². The first-order valence-electron chi connectivity index (χ1n) is 7.67. The molecule has 0 radical (unpaired) electrons. The number of pyridine rings is 1. The highest BCUT2D eigenvalue weighted by Gasteiger charge is 2.33. The molecule has 22 heavy (non-hydrogen) atoms. The summed E-state index contributed by atoms with van der Waals surface area (Å²) in [6.45, 7) is 8.16. The number of ether oxygens (including phenoxy) is 1. The fourth-order valence-electron chi connectivity index (χ4n) is 2.85. The molecule has 3 heterocycles. The van der Waals surface area contributed by atoms with E-state index in [0.29, 0.717) is 18.7 Å². The van der Waals surface area contributed by atoms with Gasteiger partial charge >= 0.3 is 0 Å². The fourth-order valence-corrected chi connectivity index (χ4v) is 2.85. The van der Waals surface area contributed by atoms with Gasteiger partial charge in [-0.15, -0.1) is 0 Å². The monoisotopic (exact) mass is 302 g/mol. The normalized spacial score (nSPS) is 23.0. The average molecular weight is 302 g/mol. The third-order valence-corrected chi connectivity index (χ3v) is 4.23. The van der Waals surface area contributed by atoms with E-state index in [1.54, 1.807) is 17.3 Å². The Balaban J connectivity index is 1.74. The van der Waals surface area contributed by atoms with E-state index in [0.717, 1.165) is 32.0 Å². The standard InChI is InChI=1S/C16H22N4O2/c1-3-19-8-6-14(16(19)21)22-13-5-4-7-17-15(13)20-11-9-18(2)10-12-20/h3-5,7,14H,1,6,8-12H2,2H3. The van der Waals surface area contributed by atoms with Crippen molar-refractivity contribution >= 4 is 11.7 Å². The van der Waals surface area contributed by atoms with Crippen LogP contribution >= 0.6 is 0 Å². The predicted molar refractivity (Wildman–Crippen MR) is 84.9 cm³/mol. The van der Waals surface area contributed by atoms with Crippen molar-refractivity contribution in [3.63, 3.8) is 0 Å². The molecule has 1 aromatic heterocycles. The highest BCUT2D eigenvalue weighted by molar-refractivity contribution is 5.84. The Morgan fingerprint density at radius 1 is 1.32 bits per heavy atom. The van der Waals surface area contributed by atoms with Crippen LogP contribution in [0.25, 0.3) is 0 Å². The lowest BCUT2D eigenvalue weighted by Crippen LogP contribution is -2.45. The number of likely N-dealkylation sites (N-methyl/N-ethyl adjacent to an activating group) is 1. The van der Waals surface area contributed by atoms with E-state index in [9.17, 15) is 4.79 Å². The summed E-state index contributed by atoms with van der Waals surface area (Å²) < 4.78 is 5.97. The van der Waals surface area contributed by atoms with Gasteiger partial charge in [0.25, 0.3) is 5.91 Å². The first-order valence-corrected chi connectivity index (χ1v) is 7.67. The number of nitrogens with zero attached hydrogens (tertiary/aromatic N) is 4. The number of hydrogen-bond donors (Lipinski definition) is 0. The summed E-state index contributed by atoms with van der Waals surface area (Å²) in [5, 5.41) is 0. The second-order valence-electron chi connectivity index (χ2n) is 5.72. The molecule has 0 aromatic carbocycles. The Hall–Kier alpha value is -2.08. The van der Waals surface area contributed by atoms with Crippen molar-refractivity contribution < 1.29 is 9.53 Å². The molecule has 2 aliphatic heterocycles. The van der Waals surface area contributed by atoms with Crippen molar-refractivity contribution in [3.05, 3.63) is 31.1 Å². The van der Waals surface area contributed by atoms with E-state index < -0.39 is 6.10 Å². The molecule has 1 aromatic rings. The first-order chi connectivity index (χ1) is 10.7. The number of carbonyl (C=O) groups excluding carboxylic acids is 1. The number of carbonyl (C=O) groups is 1. The molecule has 0 saturated carbocycles. The minimum absolute atomic E-state index is 0.0248. The highest BCUT2D eigenvalue weighted by atomic mass is 16.5. The molecule has 0 aliphatic carbocycles. The fraction of sp³-hybridized carbons (Fsp3) is 0.500. The van der Waals surface area contributed by atoms with E-state index in [1.807, 2.05) is 12.1 Å². The van der Waals surface area contributed by atoms with Gasteiger partial charge in [-0.05, 0) is 25.4 Å². The van der Waals surface area contributed by atoms with Gasteiger partial charge in [0.2, 0.25) is 0 Å². The van der Waals surface area contributed by atoms with Gasteiger partial charge in [-0.3, -0.25) is 4.79 Å². The zero-order chi connectivity index (χ0) is 15.5. The third kappa shape index (κ3) is 2.92. The van der Waals surface area contributed by atoms with Crippen LogP contribution in [0, 0.1) is 0 Å². The molecule has 2 aliphatic rings. The Labute approximate surface area is 131 Å². The number of piperazine rings is 1. The van der Waals surface area contributed by atoms with Crippen LogP contribution < -0.4 is 9.64 Å². The molecule has 6 heteroatoms. The maximum atomic E-state index is 12.2. The zero-order valence-electron chi connectivity index (χ0n) is 12.9. The number of likely N-dealkylation sites (tertiary alicyclic amines) is 1. The van der Waals surface area contributed by atoms with Crippen LogP contribution in [0.5, 0.6) is 5.75 Å². The van der Waals surface area contributed by atoms with Crippen LogP contribution in [-0.2, 0) is 4.79 Å². The molecule has 1 unspecified atom stereocenters. The number of rotatable bonds is 4. The van der Waals surface area contributed by atoms with Crippen molar-refractivity contribution in [1.82, 2.24) is 14.8 Å². The van der Waals surface area contributed by atoms with Gasteiger partial charge in [-0.1, -0.05) is 6.58 Å². The summed E-state index contributed by atoms with van der Waals surface area (Å²) >= 11 is 0. The highest BCUT2D eigenvalue weighted by Crippen LogP contribution is 2.29. The second-order valence-corrected chi connectivity index (χ2v) is 5.72. The van der Waals surface area contributed by atoms with E-state index in [4.69, 9.17) is 4.74 Å². The maximum absolute atomic E-state index is 12.2. The minimum atomic E-state index is -0.437. The maximum Gasteiger partial charge on any atom is 0.267 e. The molecular formula is C16H22N4O2. The lowest BCUT2D eigenvalue weighted by Gasteiger charge is -2.34. The number of hydrogen-bond acceptors (Lipinski definition) is 5. The Morgan fingerprint density at radius 2 is 2.09 bits per heavy atom. The van der Waals surface area contributed by atoms with Crippen LogP contribution in [0.15, 0.2) is 31.1 Å². The van der Waals surface area contributed by atoms with Crippen LogP contribution in [0.1, 0.15) is 6.42 Å². The summed E-state index contributed by atoms with van der Waals surface area (Å²) in [7, 11) is 2.12. The SMILES string of the molecule is C=CN1CCC(Oc2cccnc2N2CCN(C)CC2)C1=O. The molecule has 2 fully saturated rings. The van der Waals surface area contributed by atoms with Gasteiger partial charge in [0.15, 0.2) is 17.7 Å². The molecule has 0 N–H and O–H groups in total. The molecule has 3 rings (SSSR count). The number of aromatic nitrogens is 1. The van der Waals surface area contributed by atoms with Gasteiger partial charge < -0.3 is 19.4 Å². The van der Waals surface area contributed by atoms with Crippen molar-refractivity contribution in [2.75, 3.05) is 44.7 Å². The first kappa shape index (κ1) is 14.8. The van der Waals surface area contributed by atoms with Crippen molar-refractivity contribution in [3.8, 4) is 5.75 Å². The molecule has 1 atom stereocenters. The van der Waals surface area contributed by atoms with Gasteiger partial charge in [-0.25, -0.2) is 4.98 Å². The van der Waals surface area contributed by atoms with Gasteiger partial charge in [0, 0.05) is 45.3 Å². The molecule has 0 bridgehead atoms. The predicted octanol–water partition coefficient (Wildman–Crippen LogP) is 0.957. The molecule has 6 nitrogen and oxygen atoms in total. The zero-order valence-corrected chi connectivity index (χ0v) is 12.9. The molecule has 118 valence electrons. The number of amides is 1. The molecular weight excluding hydrogens is 280 g/mol. The molecule has 0 spiro atoms. The summed E-state index contributed by atoms with van der Waals surface area (Å²) in [4.78, 5) is 22.8. The molecule has 1 amide bonds. The van der Waals surface area contributed by atoms with E-state index in [1.165, 1.54) is 0 Å². The smallest absolute Gasteiger partial charge is 0.267 e. The van der Waals surface area contributed by atoms with E-state index >= 15 is 0 Å². The summed E-state index contributed by atoms with van der Waals surface area (Å²) in [5.41, 5.74) is 0. The lowest BCUT2D eigenvalue weighted by molar-refractivity contribution is -0.131.